The predicted octanol–water partition coefficient (Wildman–Crippen LogP) is 7.95. The fourth-order valence-electron chi connectivity index (χ4n) is 3.86. The van der Waals surface area contributed by atoms with Crippen molar-refractivity contribution in [3.05, 3.63) is 70.9 Å². The maximum atomic E-state index is 12.6. The summed E-state index contributed by atoms with van der Waals surface area (Å²) in [6.45, 7) is 17.5. The molecular formula is C29H34ClNO3. The first-order chi connectivity index (χ1) is 15.8. The Morgan fingerprint density at radius 3 is 2.29 bits per heavy atom. The fraction of sp³-hybridized carbons (Fsp3) is 0.379. The summed E-state index contributed by atoms with van der Waals surface area (Å²) >= 11 is 6.20. The first kappa shape index (κ1) is 25.9. The zero-order chi connectivity index (χ0) is 25.3. The molecule has 0 saturated carbocycles. The van der Waals surface area contributed by atoms with E-state index in [1.54, 1.807) is 6.08 Å². The Balaban J connectivity index is 2.26. The zero-order valence-electron chi connectivity index (χ0n) is 21.2. The van der Waals surface area contributed by atoms with Crippen LogP contribution in [0.2, 0.25) is 5.02 Å². The van der Waals surface area contributed by atoms with Crippen LogP contribution in [0.3, 0.4) is 0 Å². The Labute approximate surface area is 208 Å². The number of carbonyl (C=O) groups is 1. The number of esters is 1. The first-order valence-electron chi connectivity index (χ1n) is 11.5. The number of rotatable bonds is 6. The molecule has 0 saturated heterocycles. The van der Waals surface area contributed by atoms with Gasteiger partial charge >= 0.3 is 5.97 Å². The molecular weight excluding hydrogens is 446 g/mol. The summed E-state index contributed by atoms with van der Waals surface area (Å²) in [4.78, 5) is 17.4. The van der Waals surface area contributed by atoms with E-state index in [-0.39, 0.29) is 12.6 Å². The second kappa shape index (κ2) is 9.89. The third-order valence-corrected chi connectivity index (χ3v) is 5.65. The Morgan fingerprint density at radius 2 is 1.74 bits per heavy atom. The van der Waals surface area contributed by atoms with Crippen molar-refractivity contribution in [2.75, 3.05) is 6.61 Å². The molecule has 0 aliphatic rings. The summed E-state index contributed by atoms with van der Waals surface area (Å²) in [5.41, 5.74) is 4.58. The molecule has 0 unspecified atom stereocenters. The van der Waals surface area contributed by atoms with Crippen LogP contribution in [0.5, 0.6) is 0 Å². The minimum Gasteiger partial charge on any atom is -0.462 e. The highest BCUT2D eigenvalue weighted by molar-refractivity contribution is 6.30. The monoisotopic (exact) mass is 479 g/mol. The number of pyridine rings is 1. The second-order valence-electron chi connectivity index (χ2n) is 10.6. The van der Waals surface area contributed by atoms with E-state index >= 15 is 0 Å². The van der Waals surface area contributed by atoms with E-state index in [9.17, 15) is 4.79 Å². The van der Waals surface area contributed by atoms with Gasteiger partial charge in [-0.05, 0) is 101 Å². The number of nitrogens with zero attached hydrogens (tertiary/aromatic N) is 1. The molecule has 0 amide bonds. The number of benzene rings is 2. The summed E-state index contributed by atoms with van der Waals surface area (Å²) in [5, 5.41) is 1.65. The number of aromatic nitrogens is 1. The Kier molecular flexibility index (Phi) is 7.54. The van der Waals surface area contributed by atoms with Gasteiger partial charge in [0.1, 0.15) is 12.7 Å². The van der Waals surface area contributed by atoms with Crippen molar-refractivity contribution in [3.8, 4) is 11.1 Å². The summed E-state index contributed by atoms with van der Waals surface area (Å²) in [6.07, 6.45) is 1.27. The first-order valence-corrected chi connectivity index (χ1v) is 11.9. The van der Waals surface area contributed by atoms with Gasteiger partial charge in [0, 0.05) is 10.4 Å². The molecule has 3 aromatic rings. The molecule has 2 aromatic carbocycles. The molecule has 1 heterocycles. The van der Waals surface area contributed by atoms with E-state index in [4.69, 9.17) is 26.1 Å². The molecule has 5 heteroatoms. The summed E-state index contributed by atoms with van der Waals surface area (Å²) < 4.78 is 12.3. The molecule has 0 aliphatic carbocycles. The molecule has 0 radical (unpaired) electrons. The van der Waals surface area contributed by atoms with E-state index < -0.39 is 17.1 Å². The quantitative estimate of drug-likeness (QED) is 0.336. The molecule has 4 nitrogen and oxygen atoms in total. The molecule has 3 rings (SSSR count). The summed E-state index contributed by atoms with van der Waals surface area (Å²) in [6, 6.07) is 13.8. The zero-order valence-corrected chi connectivity index (χ0v) is 21.9. The van der Waals surface area contributed by atoms with E-state index in [0.29, 0.717) is 5.02 Å². The van der Waals surface area contributed by atoms with Crippen LogP contribution in [0, 0.1) is 12.3 Å². The van der Waals surface area contributed by atoms with Gasteiger partial charge in [-0.2, -0.15) is 0 Å². The number of hydrogen-bond acceptors (Lipinski definition) is 4. The van der Waals surface area contributed by atoms with E-state index in [2.05, 4.69) is 18.7 Å². The lowest BCUT2D eigenvalue weighted by Gasteiger charge is -2.31. The van der Waals surface area contributed by atoms with Crippen molar-refractivity contribution < 1.29 is 14.3 Å². The average Bonchev–Trinajstić information content (AvgIpc) is 2.74. The second-order valence-corrected chi connectivity index (χ2v) is 11.0. The van der Waals surface area contributed by atoms with Crippen LogP contribution >= 0.6 is 11.6 Å². The van der Waals surface area contributed by atoms with Crippen LogP contribution in [0.15, 0.2) is 49.0 Å². The number of ether oxygens (including phenoxy) is 2. The number of carbonyl (C=O) groups excluding carboxylic acids is 1. The highest BCUT2D eigenvalue weighted by Crippen LogP contribution is 2.40. The van der Waals surface area contributed by atoms with Gasteiger partial charge in [-0.1, -0.05) is 36.4 Å². The SMILES string of the molecule is C=Cc1ccc2c(-c3ccc(Cl)cc3)c([C@H](COC(=O)C(C)(C)C)OC(C)(C)C)c(C)cc2n1. The van der Waals surface area contributed by atoms with Crippen LogP contribution in [-0.2, 0) is 14.3 Å². The van der Waals surface area contributed by atoms with Crippen LogP contribution in [0.25, 0.3) is 28.1 Å². The molecule has 180 valence electrons. The van der Waals surface area contributed by atoms with Crippen molar-refractivity contribution in [1.82, 2.24) is 4.98 Å². The van der Waals surface area contributed by atoms with Gasteiger partial charge in [-0.25, -0.2) is 4.98 Å². The van der Waals surface area contributed by atoms with Crippen LogP contribution in [0.4, 0.5) is 0 Å². The van der Waals surface area contributed by atoms with Crippen molar-refractivity contribution in [1.29, 1.82) is 0 Å². The maximum absolute atomic E-state index is 12.6. The standard InChI is InChI=1S/C29H34ClNO3/c1-9-21-14-15-22-23(31-21)16-18(2)25(26(22)19-10-12-20(30)13-11-19)24(34-29(6,7)8)17-33-27(32)28(3,4)5/h9-16,24H,1,17H2,2-8H3/t24-/m0/s1. The molecule has 1 atom stereocenters. The molecule has 1 aromatic heterocycles. The average molecular weight is 480 g/mol. The lowest BCUT2D eigenvalue weighted by molar-refractivity contribution is -0.162. The number of fused-ring (bicyclic) bond motifs is 1. The highest BCUT2D eigenvalue weighted by Gasteiger charge is 2.30. The van der Waals surface area contributed by atoms with Crippen molar-refractivity contribution in [2.24, 2.45) is 5.41 Å². The summed E-state index contributed by atoms with van der Waals surface area (Å²) in [5.74, 6) is -0.265. The normalized spacial score (nSPS) is 13.1. The highest BCUT2D eigenvalue weighted by atomic mass is 35.5. The lowest BCUT2D eigenvalue weighted by Crippen LogP contribution is -2.30. The molecule has 0 spiro atoms. The molecule has 0 aliphatic heterocycles. The number of hydrogen-bond donors (Lipinski definition) is 0. The Hall–Kier alpha value is -2.69. The molecule has 34 heavy (non-hydrogen) atoms. The Morgan fingerprint density at radius 1 is 1.09 bits per heavy atom. The topological polar surface area (TPSA) is 48.4 Å². The summed E-state index contributed by atoms with van der Waals surface area (Å²) in [7, 11) is 0. The smallest absolute Gasteiger partial charge is 0.311 e. The van der Waals surface area contributed by atoms with Gasteiger partial charge in [-0.3, -0.25) is 4.79 Å². The van der Waals surface area contributed by atoms with E-state index in [1.807, 2.05) is 78.8 Å². The van der Waals surface area contributed by atoms with Crippen LogP contribution < -0.4 is 0 Å². The van der Waals surface area contributed by atoms with Crippen molar-refractivity contribution in [3.63, 3.8) is 0 Å². The van der Waals surface area contributed by atoms with Crippen LogP contribution in [-0.4, -0.2) is 23.2 Å². The minimum absolute atomic E-state index is 0.110. The fourth-order valence-corrected chi connectivity index (χ4v) is 3.99. The van der Waals surface area contributed by atoms with E-state index in [1.165, 1.54) is 0 Å². The van der Waals surface area contributed by atoms with Gasteiger partial charge < -0.3 is 9.47 Å². The molecule has 0 N–H and O–H groups in total. The van der Waals surface area contributed by atoms with E-state index in [0.717, 1.165) is 38.9 Å². The third kappa shape index (κ3) is 6.05. The van der Waals surface area contributed by atoms with Crippen molar-refractivity contribution >= 4 is 34.5 Å². The predicted molar refractivity (Wildman–Crippen MR) is 141 cm³/mol. The largest absolute Gasteiger partial charge is 0.462 e. The van der Waals surface area contributed by atoms with Crippen LogP contribution in [0.1, 0.15) is 64.5 Å². The van der Waals surface area contributed by atoms with Gasteiger partial charge in [0.15, 0.2) is 0 Å². The van der Waals surface area contributed by atoms with Gasteiger partial charge in [-0.15, -0.1) is 0 Å². The molecule has 0 bridgehead atoms. The van der Waals surface area contributed by atoms with Gasteiger partial charge in [0.2, 0.25) is 0 Å². The van der Waals surface area contributed by atoms with Gasteiger partial charge in [0.25, 0.3) is 0 Å². The minimum atomic E-state index is -0.602. The maximum Gasteiger partial charge on any atom is 0.311 e. The number of aryl methyl sites for hydroxylation is 1. The number of halogens is 1. The van der Waals surface area contributed by atoms with Crippen molar-refractivity contribution in [2.45, 2.75) is 60.2 Å². The third-order valence-electron chi connectivity index (χ3n) is 5.40. The Bertz CT molecular complexity index is 1200. The molecule has 0 fully saturated rings. The van der Waals surface area contributed by atoms with Gasteiger partial charge in [0.05, 0.1) is 22.2 Å². The lowest BCUT2D eigenvalue weighted by atomic mass is 9.88.